The Balaban J connectivity index is 2.09. The van der Waals surface area contributed by atoms with Crippen LogP contribution in [-0.4, -0.2) is 28.6 Å². The van der Waals surface area contributed by atoms with Crippen molar-refractivity contribution in [1.82, 2.24) is 5.32 Å². The number of carbonyl (C=O) groups excluding carboxylic acids is 1. The van der Waals surface area contributed by atoms with Gasteiger partial charge in [-0.3, -0.25) is 9.59 Å². The largest absolute Gasteiger partial charge is 0.481 e. The van der Waals surface area contributed by atoms with Crippen LogP contribution in [0.4, 0.5) is 0 Å². The molecule has 0 saturated heterocycles. The van der Waals surface area contributed by atoms with Crippen molar-refractivity contribution in [3.63, 3.8) is 0 Å². The summed E-state index contributed by atoms with van der Waals surface area (Å²) >= 11 is 0. The molecule has 0 heterocycles. The number of hydrogen-bond donors (Lipinski definition) is 3. The van der Waals surface area contributed by atoms with Crippen LogP contribution in [0.3, 0.4) is 0 Å². The van der Waals surface area contributed by atoms with Crippen molar-refractivity contribution in [3.05, 3.63) is 71.3 Å². The van der Waals surface area contributed by atoms with Crippen LogP contribution in [0.2, 0.25) is 0 Å². The molecule has 0 aliphatic heterocycles. The van der Waals surface area contributed by atoms with Gasteiger partial charge in [-0.2, -0.15) is 0 Å². The molecule has 5 nitrogen and oxygen atoms in total. The maximum atomic E-state index is 12.0. The third-order valence-corrected chi connectivity index (χ3v) is 3.72. The smallest absolute Gasteiger partial charge is 0.311 e. The second-order valence-corrected chi connectivity index (χ2v) is 5.32. The fraction of sp³-hybridized carbons (Fsp3) is 0.222. The zero-order valence-corrected chi connectivity index (χ0v) is 12.8. The molecule has 0 aliphatic rings. The number of carbonyl (C=O) groups is 2. The highest BCUT2D eigenvalue weighted by atomic mass is 16.4. The third-order valence-electron chi connectivity index (χ3n) is 3.72. The molecule has 120 valence electrons. The Morgan fingerprint density at radius 2 is 1.65 bits per heavy atom. The topological polar surface area (TPSA) is 86.6 Å². The van der Waals surface area contributed by atoms with E-state index >= 15 is 0 Å². The molecule has 0 aromatic heterocycles. The minimum atomic E-state index is -1.19. The molecule has 0 bridgehead atoms. The molecule has 0 aliphatic carbocycles. The lowest BCUT2D eigenvalue weighted by molar-refractivity contribution is -0.145. The van der Waals surface area contributed by atoms with Crippen molar-refractivity contribution in [2.45, 2.75) is 13.0 Å². The second-order valence-electron chi connectivity index (χ2n) is 5.32. The molecule has 1 amide bonds. The lowest BCUT2D eigenvalue weighted by atomic mass is 9.92. The van der Waals surface area contributed by atoms with Crippen LogP contribution in [0.5, 0.6) is 0 Å². The predicted octanol–water partition coefficient (Wildman–Crippen LogP) is 2.16. The Morgan fingerprint density at radius 1 is 1.04 bits per heavy atom. The van der Waals surface area contributed by atoms with E-state index in [1.54, 1.807) is 55.5 Å². The Morgan fingerprint density at radius 3 is 2.26 bits per heavy atom. The van der Waals surface area contributed by atoms with Gasteiger partial charge in [0.1, 0.15) is 5.92 Å². The lowest BCUT2D eigenvalue weighted by Crippen LogP contribution is -2.36. The summed E-state index contributed by atoms with van der Waals surface area (Å²) in [7, 11) is 0. The first-order valence-electron chi connectivity index (χ1n) is 7.30. The van der Waals surface area contributed by atoms with Gasteiger partial charge in [-0.25, -0.2) is 0 Å². The molecular weight excluding hydrogens is 294 g/mol. The first kappa shape index (κ1) is 16.7. The van der Waals surface area contributed by atoms with Gasteiger partial charge in [0, 0.05) is 12.1 Å². The minimum absolute atomic E-state index is 0.154. The Labute approximate surface area is 134 Å². The quantitative estimate of drug-likeness (QED) is 0.763. The van der Waals surface area contributed by atoms with E-state index in [2.05, 4.69) is 5.32 Å². The average molecular weight is 313 g/mol. The lowest BCUT2D eigenvalue weighted by Gasteiger charge is -2.21. The predicted molar refractivity (Wildman–Crippen MR) is 86.0 cm³/mol. The number of aliphatic hydroxyl groups excluding tert-OH is 1. The maximum Gasteiger partial charge on any atom is 0.311 e. The van der Waals surface area contributed by atoms with E-state index in [1.807, 2.05) is 6.07 Å². The van der Waals surface area contributed by atoms with Crippen LogP contribution in [0.15, 0.2) is 54.6 Å². The normalized spacial score (nSPS) is 13.1. The average Bonchev–Trinajstić information content (AvgIpc) is 2.55. The molecule has 3 N–H and O–H groups in total. The van der Waals surface area contributed by atoms with Gasteiger partial charge in [0.25, 0.3) is 5.91 Å². The highest BCUT2D eigenvalue weighted by molar-refractivity contribution is 5.94. The van der Waals surface area contributed by atoms with Crippen molar-refractivity contribution in [2.75, 3.05) is 6.54 Å². The summed E-state index contributed by atoms with van der Waals surface area (Å²) in [4.78, 5) is 23.5. The van der Waals surface area contributed by atoms with Gasteiger partial charge < -0.3 is 15.5 Å². The van der Waals surface area contributed by atoms with Crippen LogP contribution in [0, 0.1) is 12.8 Å². The van der Waals surface area contributed by atoms with Crippen LogP contribution < -0.4 is 5.32 Å². The number of hydrogen-bond acceptors (Lipinski definition) is 3. The summed E-state index contributed by atoms with van der Waals surface area (Å²) in [5, 5.41) is 22.3. The number of rotatable bonds is 6. The van der Waals surface area contributed by atoms with Gasteiger partial charge in [-0.1, -0.05) is 42.5 Å². The van der Waals surface area contributed by atoms with E-state index in [-0.39, 0.29) is 12.5 Å². The van der Waals surface area contributed by atoms with Gasteiger partial charge in [-0.05, 0) is 30.2 Å². The SMILES string of the molecule is Cc1ccccc1[C@@H](O)[C@@H](CNC(=O)c1ccccc1)C(=O)O. The van der Waals surface area contributed by atoms with Crippen LogP contribution in [0.25, 0.3) is 0 Å². The third kappa shape index (κ3) is 4.17. The fourth-order valence-corrected chi connectivity index (χ4v) is 2.36. The van der Waals surface area contributed by atoms with Crippen molar-refractivity contribution in [2.24, 2.45) is 5.92 Å². The van der Waals surface area contributed by atoms with E-state index in [1.165, 1.54) is 0 Å². The monoisotopic (exact) mass is 313 g/mol. The molecule has 0 saturated carbocycles. The van der Waals surface area contributed by atoms with Gasteiger partial charge in [-0.15, -0.1) is 0 Å². The zero-order chi connectivity index (χ0) is 16.8. The molecule has 23 heavy (non-hydrogen) atoms. The first-order chi connectivity index (χ1) is 11.0. The molecule has 0 fully saturated rings. The fourth-order valence-electron chi connectivity index (χ4n) is 2.36. The Hall–Kier alpha value is -2.66. The Bertz CT molecular complexity index is 684. The van der Waals surface area contributed by atoms with Gasteiger partial charge in [0.15, 0.2) is 0 Å². The number of aliphatic carboxylic acids is 1. The molecule has 5 heteroatoms. The molecule has 2 rings (SSSR count). The number of aliphatic hydroxyl groups is 1. The van der Waals surface area contributed by atoms with E-state index in [4.69, 9.17) is 0 Å². The van der Waals surface area contributed by atoms with Gasteiger partial charge >= 0.3 is 5.97 Å². The standard InChI is InChI=1S/C18H19NO4/c1-12-7-5-6-10-14(12)16(20)15(18(22)23)11-19-17(21)13-8-3-2-4-9-13/h2-10,15-16,20H,11H2,1H3,(H,19,21)(H,22,23)/t15-,16-/m1/s1. The minimum Gasteiger partial charge on any atom is -0.481 e. The molecule has 2 atom stereocenters. The molecule has 0 spiro atoms. The van der Waals surface area contributed by atoms with Gasteiger partial charge in [0.05, 0.1) is 6.10 Å². The van der Waals surface area contributed by atoms with E-state index in [0.717, 1.165) is 5.56 Å². The van der Waals surface area contributed by atoms with Crippen LogP contribution in [0.1, 0.15) is 27.6 Å². The van der Waals surface area contributed by atoms with Crippen molar-refractivity contribution >= 4 is 11.9 Å². The highest BCUT2D eigenvalue weighted by Gasteiger charge is 2.29. The first-order valence-corrected chi connectivity index (χ1v) is 7.30. The molecule has 2 aromatic rings. The van der Waals surface area contributed by atoms with Crippen LogP contribution >= 0.6 is 0 Å². The maximum absolute atomic E-state index is 12.0. The highest BCUT2D eigenvalue weighted by Crippen LogP contribution is 2.24. The summed E-state index contributed by atoms with van der Waals surface area (Å²) in [5.41, 5.74) is 1.80. The number of amides is 1. The van der Waals surface area contributed by atoms with Crippen molar-refractivity contribution in [3.8, 4) is 0 Å². The summed E-state index contributed by atoms with van der Waals surface area (Å²) in [6.45, 7) is 1.65. The molecule has 0 unspecified atom stereocenters. The number of benzene rings is 2. The van der Waals surface area contributed by atoms with Crippen molar-refractivity contribution < 1.29 is 19.8 Å². The summed E-state index contributed by atoms with van der Waals surface area (Å²) in [6.07, 6.45) is -1.19. The number of carboxylic acid groups (broad SMARTS) is 1. The number of aryl methyl sites for hydroxylation is 1. The van der Waals surface area contributed by atoms with Crippen molar-refractivity contribution in [1.29, 1.82) is 0 Å². The second kappa shape index (κ2) is 7.56. The molecule has 2 aromatic carbocycles. The number of nitrogens with one attached hydrogen (secondary N) is 1. The summed E-state index contributed by atoms with van der Waals surface area (Å²) < 4.78 is 0. The van der Waals surface area contributed by atoms with E-state index in [9.17, 15) is 19.8 Å². The van der Waals surface area contributed by atoms with Gasteiger partial charge in [0.2, 0.25) is 0 Å². The number of carboxylic acids is 1. The summed E-state index contributed by atoms with van der Waals surface area (Å²) in [5.74, 6) is -2.65. The van der Waals surface area contributed by atoms with E-state index < -0.39 is 18.0 Å². The molecular formula is C18H19NO4. The Kier molecular flexibility index (Phi) is 5.49. The van der Waals surface area contributed by atoms with E-state index in [0.29, 0.717) is 11.1 Å². The molecule has 0 radical (unpaired) electrons. The van der Waals surface area contributed by atoms with Crippen LogP contribution in [-0.2, 0) is 4.79 Å². The summed E-state index contributed by atoms with van der Waals surface area (Å²) in [6, 6.07) is 15.6. The zero-order valence-electron chi connectivity index (χ0n) is 12.8.